The summed E-state index contributed by atoms with van der Waals surface area (Å²) in [6.45, 7) is 8.74. The lowest BCUT2D eigenvalue weighted by Crippen LogP contribution is -2.32. The summed E-state index contributed by atoms with van der Waals surface area (Å²) in [5, 5.41) is 7.86. The van der Waals surface area contributed by atoms with Gasteiger partial charge < -0.3 is 9.47 Å². The van der Waals surface area contributed by atoms with Gasteiger partial charge in [0.2, 0.25) is 0 Å². The Balaban J connectivity index is 1.80. The van der Waals surface area contributed by atoms with Gasteiger partial charge in [-0.15, -0.1) is 0 Å². The van der Waals surface area contributed by atoms with Gasteiger partial charge in [0.15, 0.2) is 0 Å². The molecule has 0 heterocycles. The molecular formula is C44H44O2P2. The maximum absolute atomic E-state index is 6.33. The molecule has 4 heteroatoms. The molecule has 0 aliphatic rings. The van der Waals surface area contributed by atoms with E-state index in [9.17, 15) is 0 Å². The van der Waals surface area contributed by atoms with Crippen LogP contribution in [0.1, 0.15) is 38.8 Å². The number of methoxy groups -OCH3 is 2. The van der Waals surface area contributed by atoms with Crippen LogP contribution < -0.4 is 31.8 Å². The molecule has 0 aliphatic heterocycles. The largest absolute Gasteiger partial charge is 0.374 e. The maximum Gasteiger partial charge on any atom is 0.0877 e. The Hall–Kier alpha value is -3.90. The Morgan fingerprint density at radius 1 is 0.354 bits per heavy atom. The van der Waals surface area contributed by atoms with Crippen molar-refractivity contribution in [1.29, 1.82) is 0 Å². The van der Waals surface area contributed by atoms with Crippen molar-refractivity contribution in [3.8, 4) is 11.1 Å². The van der Waals surface area contributed by atoms with Gasteiger partial charge >= 0.3 is 0 Å². The van der Waals surface area contributed by atoms with Gasteiger partial charge in [-0.1, -0.05) is 158 Å². The molecule has 6 rings (SSSR count). The highest BCUT2D eigenvalue weighted by Gasteiger charge is 2.35. The van der Waals surface area contributed by atoms with Crippen LogP contribution in [0.4, 0.5) is 0 Å². The van der Waals surface area contributed by atoms with Crippen LogP contribution in [-0.4, -0.2) is 14.2 Å². The molecule has 2 nitrogen and oxygen atoms in total. The molecule has 0 saturated heterocycles. The molecule has 0 aromatic heterocycles. The van der Waals surface area contributed by atoms with Crippen LogP contribution >= 0.6 is 15.8 Å². The standard InChI is InChI=1S/C44H44O2P2/c1-43(2,45-5)37-29-19-31-39(47(33-21-11-7-12-22-33)34-23-13-8-14-24-34)41(37)42-38(44(3,4)46-6)30-20-32-40(42)48(35-25-15-9-16-26-35)36-27-17-10-18-28-36/h7-32H,1-6H3. The summed E-state index contributed by atoms with van der Waals surface area (Å²) in [5.74, 6) is 0. The van der Waals surface area contributed by atoms with Gasteiger partial charge in [0.25, 0.3) is 0 Å². The SMILES string of the molecule is COC(C)(C)c1cccc(P(c2ccccc2)c2ccccc2)c1-c1c(P(c2ccccc2)c2ccccc2)cccc1C(C)(C)OC. The van der Waals surface area contributed by atoms with Crippen LogP contribution in [0.2, 0.25) is 0 Å². The average Bonchev–Trinajstić information content (AvgIpc) is 3.13. The van der Waals surface area contributed by atoms with Crippen molar-refractivity contribution in [2.75, 3.05) is 14.2 Å². The number of benzene rings is 6. The number of hydrogen-bond donors (Lipinski definition) is 0. The van der Waals surface area contributed by atoms with Gasteiger partial charge in [-0.25, -0.2) is 0 Å². The van der Waals surface area contributed by atoms with E-state index in [2.05, 4.69) is 185 Å². The molecular weight excluding hydrogens is 622 g/mol. The minimum Gasteiger partial charge on any atom is -0.374 e. The van der Waals surface area contributed by atoms with Gasteiger partial charge in [-0.3, -0.25) is 0 Å². The summed E-state index contributed by atoms with van der Waals surface area (Å²) in [4.78, 5) is 0. The van der Waals surface area contributed by atoms with Crippen LogP contribution in [-0.2, 0) is 20.7 Å². The molecule has 0 aliphatic carbocycles. The highest BCUT2D eigenvalue weighted by atomic mass is 31.1. The van der Waals surface area contributed by atoms with Crippen molar-refractivity contribution in [3.05, 3.63) is 169 Å². The molecule has 0 atom stereocenters. The summed E-state index contributed by atoms with van der Waals surface area (Å²) < 4.78 is 12.7. The van der Waals surface area contributed by atoms with Crippen LogP contribution in [0.15, 0.2) is 158 Å². The molecule has 48 heavy (non-hydrogen) atoms. The number of ether oxygens (including phenoxy) is 2. The summed E-state index contributed by atoms with van der Waals surface area (Å²) in [7, 11) is 1.76. The van der Waals surface area contributed by atoms with E-state index in [0.717, 1.165) is 0 Å². The normalized spacial score (nSPS) is 12.1. The Labute approximate surface area is 289 Å². The molecule has 0 spiro atoms. The van der Waals surface area contributed by atoms with Gasteiger partial charge in [-0.2, -0.15) is 0 Å². The van der Waals surface area contributed by atoms with E-state index in [1.54, 1.807) is 0 Å². The quantitative estimate of drug-likeness (QED) is 0.129. The van der Waals surface area contributed by atoms with Crippen LogP contribution in [0.5, 0.6) is 0 Å². The predicted octanol–water partition coefficient (Wildman–Crippen LogP) is 8.63. The zero-order valence-corrected chi connectivity index (χ0v) is 30.5. The predicted molar refractivity (Wildman–Crippen MR) is 209 cm³/mol. The van der Waals surface area contributed by atoms with Crippen molar-refractivity contribution in [2.24, 2.45) is 0 Å². The fourth-order valence-electron chi connectivity index (χ4n) is 6.36. The smallest absolute Gasteiger partial charge is 0.0877 e. The first-order chi connectivity index (χ1) is 23.3. The van der Waals surface area contributed by atoms with E-state index >= 15 is 0 Å². The first kappa shape index (κ1) is 34.0. The fourth-order valence-corrected chi connectivity index (χ4v) is 11.3. The van der Waals surface area contributed by atoms with Crippen molar-refractivity contribution in [1.82, 2.24) is 0 Å². The van der Waals surface area contributed by atoms with Gasteiger partial charge in [0, 0.05) is 14.2 Å². The Kier molecular flexibility index (Phi) is 10.4. The van der Waals surface area contributed by atoms with Gasteiger partial charge in [0.1, 0.15) is 0 Å². The molecule has 0 unspecified atom stereocenters. The molecule has 242 valence electrons. The maximum atomic E-state index is 6.33. The van der Waals surface area contributed by atoms with Crippen molar-refractivity contribution >= 4 is 47.7 Å². The Morgan fingerprint density at radius 2 is 0.625 bits per heavy atom. The summed E-state index contributed by atoms with van der Waals surface area (Å²) >= 11 is 0. The molecule has 0 radical (unpaired) electrons. The monoisotopic (exact) mass is 666 g/mol. The van der Waals surface area contributed by atoms with Crippen LogP contribution in [0, 0.1) is 0 Å². The Bertz CT molecular complexity index is 1720. The molecule has 6 aromatic rings. The zero-order chi connectivity index (χ0) is 33.7. The second-order valence-corrected chi connectivity index (χ2v) is 17.2. The molecule has 0 amide bonds. The zero-order valence-electron chi connectivity index (χ0n) is 28.7. The molecule has 0 saturated carbocycles. The van der Waals surface area contributed by atoms with E-state index in [1.807, 2.05) is 14.2 Å². The summed E-state index contributed by atoms with van der Waals surface area (Å²) in [6.07, 6.45) is 0. The van der Waals surface area contributed by atoms with E-state index in [4.69, 9.17) is 9.47 Å². The lowest BCUT2D eigenvalue weighted by Gasteiger charge is -2.36. The summed E-state index contributed by atoms with van der Waals surface area (Å²) in [6, 6.07) is 57.6. The van der Waals surface area contributed by atoms with Crippen LogP contribution in [0.25, 0.3) is 11.1 Å². The van der Waals surface area contributed by atoms with E-state index < -0.39 is 27.0 Å². The lowest BCUT2D eigenvalue weighted by atomic mass is 9.83. The van der Waals surface area contributed by atoms with Crippen molar-refractivity contribution < 1.29 is 9.47 Å². The van der Waals surface area contributed by atoms with Gasteiger partial charge in [-0.05, 0) is 97.6 Å². The highest BCUT2D eigenvalue weighted by molar-refractivity contribution is 7.80. The highest BCUT2D eigenvalue weighted by Crippen LogP contribution is 2.47. The second-order valence-electron chi connectivity index (χ2n) is 12.8. The van der Waals surface area contributed by atoms with Crippen molar-refractivity contribution in [2.45, 2.75) is 38.9 Å². The minimum absolute atomic E-state index is 0.566. The molecule has 0 bridgehead atoms. The molecule has 0 N–H and O–H groups in total. The van der Waals surface area contributed by atoms with E-state index in [1.165, 1.54) is 54.1 Å². The first-order valence-electron chi connectivity index (χ1n) is 16.4. The van der Waals surface area contributed by atoms with E-state index in [-0.39, 0.29) is 0 Å². The lowest BCUT2D eigenvalue weighted by molar-refractivity contribution is 0.0181. The third-order valence-corrected chi connectivity index (χ3v) is 14.2. The minimum atomic E-state index is -0.941. The fraction of sp³-hybridized carbons (Fsp3) is 0.182. The third kappa shape index (κ3) is 6.82. The van der Waals surface area contributed by atoms with Crippen molar-refractivity contribution in [3.63, 3.8) is 0 Å². The van der Waals surface area contributed by atoms with Gasteiger partial charge in [0.05, 0.1) is 11.2 Å². The first-order valence-corrected chi connectivity index (χ1v) is 19.1. The van der Waals surface area contributed by atoms with Crippen LogP contribution in [0.3, 0.4) is 0 Å². The second kappa shape index (κ2) is 14.7. The number of hydrogen-bond acceptors (Lipinski definition) is 2. The van der Waals surface area contributed by atoms with E-state index in [0.29, 0.717) is 0 Å². The molecule has 0 fully saturated rings. The average molecular weight is 667 g/mol. The molecule has 6 aromatic carbocycles. The topological polar surface area (TPSA) is 18.5 Å². The Morgan fingerprint density at radius 3 is 0.875 bits per heavy atom. The number of rotatable bonds is 11. The summed E-state index contributed by atoms with van der Waals surface area (Å²) in [5.41, 5.74) is 3.67. The third-order valence-electron chi connectivity index (χ3n) is 9.19.